The molecule has 4 aliphatic rings. The van der Waals surface area contributed by atoms with Gasteiger partial charge in [0.25, 0.3) is 0 Å². The van der Waals surface area contributed by atoms with E-state index in [1.807, 2.05) is 0 Å². The van der Waals surface area contributed by atoms with Crippen LogP contribution in [0.1, 0.15) is 156 Å². The van der Waals surface area contributed by atoms with Gasteiger partial charge in [0.2, 0.25) is 23.6 Å². The van der Waals surface area contributed by atoms with Gasteiger partial charge in [-0.2, -0.15) is 0 Å². The number of anilines is 4. The van der Waals surface area contributed by atoms with Crippen LogP contribution in [-0.2, 0) is 19.2 Å². The highest BCUT2D eigenvalue weighted by Crippen LogP contribution is 2.26. The molecule has 8 N–H and O–H groups in total. The van der Waals surface area contributed by atoms with Crippen molar-refractivity contribution in [3.63, 3.8) is 0 Å². The molecule has 0 saturated heterocycles. The summed E-state index contributed by atoms with van der Waals surface area (Å²) in [4.78, 5) is 90.8. The molecule has 0 aliphatic heterocycles. The van der Waals surface area contributed by atoms with E-state index in [4.69, 9.17) is 18.9 Å². The van der Waals surface area contributed by atoms with Crippen molar-refractivity contribution in [1.82, 2.24) is 21.3 Å². The van der Waals surface area contributed by atoms with E-state index in [-0.39, 0.29) is 35.7 Å². The van der Waals surface area contributed by atoms with E-state index in [0.29, 0.717) is 70.7 Å². The van der Waals surface area contributed by atoms with Crippen molar-refractivity contribution in [1.29, 1.82) is 0 Å². The molecule has 4 fully saturated rings. The number of rotatable bonds is 14. The summed E-state index contributed by atoms with van der Waals surface area (Å²) in [5.74, 6) is 2.33. The van der Waals surface area contributed by atoms with Gasteiger partial charge in [-0.15, -0.1) is 0 Å². The van der Waals surface area contributed by atoms with Crippen LogP contribution < -0.4 is 61.5 Å². The minimum atomic E-state index is -0.444. The fraction of sp³-hybridized carbons (Fsp3) is 0.484. The number of carbonyl (C=O) groups is 8. The lowest BCUT2D eigenvalue weighted by molar-refractivity contribution is -0.115. The molecule has 0 atom stereocenters. The summed E-state index contributed by atoms with van der Waals surface area (Å²) in [6.45, 7) is 7.12. The lowest BCUT2D eigenvalue weighted by Crippen LogP contribution is -2.38. The fourth-order valence-corrected chi connectivity index (χ4v) is 9.92. The number of hydrogen-bond acceptors (Lipinski definition) is 12. The van der Waals surface area contributed by atoms with Crippen LogP contribution in [0.5, 0.6) is 23.0 Å². The molecule has 444 valence electrons. The highest BCUT2D eigenvalue weighted by Gasteiger charge is 2.20. The Morgan fingerprint density at radius 3 is 0.976 bits per heavy atom. The van der Waals surface area contributed by atoms with Crippen molar-refractivity contribution < 1.29 is 57.3 Å². The number of nitrogens with one attached hydrogen (secondary N) is 8. The van der Waals surface area contributed by atoms with Gasteiger partial charge in [0, 0.05) is 87.8 Å². The molecule has 8 rings (SSSR count). The van der Waals surface area contributed by atoms with E-state index < -0.39 is 24.4 Å². The first-order valence-corrected chi connectivity index (χ1v) is 28.9. The van der Waals surface area contributed by atoms with Gasteiger partial charge in [-0.25, -0.2) is 19.2 Å². The van der Waals surface area contributed by atoms with E-state index in [1.165, 1.54) is 105 Å². The first kappa shape index (κ1) is 64.7. The van der Waals surface area contributed by atoms with E-state index in [1.54, 1.807) is 97.1 Å². The first-order valence-electron chi connectivity index (χ1n) is 28.9. The van der Waals surface area contributed by atoms with Gasteiger partial charge in [0.1, 0.15) is 23.0 Å². The maximum Gasteiger partial charge on any atom is 0.412 e. The number of carbonyl (C=O) groups excluding carboxylic acids is 8. The summed E-state index contributed by atoms with van der Waals surface area (Å²) in [6, 6.07) is 27.5. The minimum Gasteiger partial charge on any atom is -0.410 e. The molecule has 20 heteroatoms. The SMILES string of the molecule is CC(=O)Nc1ccc(OC(=O)NC2CCCCC2)cc1.CC(=O)Nc1ccc(OC(=O)NCC2CCCCC2)cc1.CC(=O)Nc1cccc(OC(=O)NC2CCCCC2)c1.CC(=O)Nc1cccc(OC(=O)NCC2CCCCC2)c1. The van der Waals surface area contributed by atoms with Crippen molar-refractivity contribution >= 4 is 70.8 Å². The molecule has 4 aromatic carbocycles. The predicted molar refractivity (Wildman–Crippen MR) is 316 cm³/mol. The monoisotopic (exact) mass is 1130 g/mol. The number of amides is 8. The van der Waals surface area contributed by atoms with Crippen LogP contribution in [0.15, 0.2) is 97.1 Å². The molecule has 0 radical (unpaired) electrons. The van der Waals surface area contributed by atoms with Gasteiger partial charge in [-0.1, -0.05) is 89.2 Å². The smallest absolute Gasteiger partial charge is 0.410 e. The molecule has 8 amide bonds. The van der Waals surface area contributed by atoms with Gasteiger partial charge in [-0.3, -0.25) is 19.2 Å². The van der Waals surface area contributed by atoms with Crippen molar-refractivity contribution in [2.24, 2.45) is 11.8 Å². The van der Waals surface area contributed by atoms with Crippen LogP contribution in [0.3, 0.4) is 0 Å². The lowest BCUT2D eigenvalue weighted by Gasteiger charge is -2.22. The van der Waals surface area contributed by atoms with Gasteiger partial charge in [0.15, 0.2) is 0 Å². The molecule has 4 aliphatic carbocycles. The van der Waals surface area contributed by atoms with Gasteiger partial charge >= 0.3 is 24.4 Å². The molecule has 20 nitrogen and oxygen atoms in total. The molecule has 0 heterocycles. The van der Waals surface area contributed by atoms with Crippen LogP contribution in [-0.4, -0.2) is 73.2 Å². The zero-order chi connectivity index (χ0) is 58.9. The summed E-state index contributed by atoms with van der Waals surface area (Å²) in [5.41, 5.74) is 2.58. The van der Waals surface area contributed by atoms with Crippen LogP contribution in [0.25, 0.3) is 0 Å². The van der Waals surface area contributed by atoms with Crippen LogP contribution in [0.2, 0.25) is 0 Å². The van der Waals surface area contributed by atoms with Crippen molar-refractivity contribution in [2.45, 2.75) is 168 Å². The van der Waals surface area contributed by atoms with Gasteiger partial charge in [-0.05, 0) is 136 Å². The number of benzene rings is 4. The Balaban J connectivity index is 0.000000200. The third-order valence-electron chi connectivity index (χ3n) is 13.9. The van der Waals surface area contributed by atoms with Crippen LogP contribution in [0.4, 0.5) is 41.9 Å². The van der Waals surface area contributed by atoms with E-state index in [2.05, 4.69) is 42.5 Å². The van der Waals surface area contributed by atoms with Crippen LogP contribution >= 0.6 is 0 Å². The summed E-state index contributed by atoms with van der Waals surface area (Å²) in [5, 5.41) is 22.0. The summed E-state index contributed by atoms with van der Waals surface area (Å²) < 4.78 is 20.9. The molecule has 0 aromatic heterocycles. The molecule has 0 unspecified atom stereocenters. The zero-order valence-electron chi connectivity index (χ0n) is 48.0. The zero-order valence-corrected chi connectivity index (χ0v) is 48.0. The molecule has 0 spiro atoms. The Kier molecular flexibility index (Phi) is 28.6. The number of hydrogen-bond donors (Lipinski definition) is 8. The lowest BCUT2D eigenvalue weighted by atomic mass is 9.89. The third kappa shape index (κ3) is 27.8. The molecular formula is C62H84N8O12. The Labute approximate surface area is 482 Å². The average Bonchev–Trinajstić information content (AvgIpc) is 3.45. The molecular weight excluding hydrogens is 1050 g/mol. The van der Waals surface area contributed by atoms with Crippen molar-refractivity contribution in [2.75, 3.05) is 34.4 Å². The second-order valence-electron chi connectivity index (χ2n) is 21.1. The van der Waals surface area contributed by atoms with Crippen molar-refractivity contribution in [3.8, 4) is 23.0 Å². The molecule has 82 heavy (non-hydrogen) atoms. The Morgan fingerprint density at radius 1 is 0.341 bits per heavy atom. The summed E-state index contributed by atoms with van der Waals surface area (Å²) >= 11 is 0. The van der Waals surface area contributed by atoms with E-state index >= 15 is 0 Å². The van der Waals surface area contributed by atoms with E-state index in [9.17, 15) is 38.4 Å². The highest BCUT2D eigenvalue weighted by atomic mass is 16.6. The minimum absolute atomic E-state index is 0.131. The van der Waals surface area contributed by atoms with E-state index in [0.717, 1.165) is 51.4 Å². The summed E-state index contributed by atoms with van der Waals surface area (Å²) in [7, 11) is 0. The maximum atomic E-state index is 11.8. The standard InChI is InChI=1S/2C16H22N2O3.2C15H20N2O3/c1-12(19)18-14-8-5-9-15(10-14)21-16(20)17-11-13-6-3-2-4-7-13;1-12(19)18-14-7-9-15(10-8-14)21-16(20)17-11-13-5-3-2-4-6-13;1-11(18)16-13-8-5-9-14(10-13)20-15(19)17-12-6-3-2-4-7-12;1-11(18)16-13-7-9-14(10-8-13)20-15(19)17-12-5-3-2-4-6-12/h5,8-10,13H,2-4,6-7,11H2,1H3,(H,17,20)(H,18,19);7-10,13H,2-6,11H2,1H3,(H,17,20)(H,18,19);5,8-10,12H,2-4,6-7H2,1H3,(H,16,18)(H,17,19);7-10,12H,2-6H2,1H3,(H,16,18)(H,17,19). The highest BCUT2D eigenvalue weighted by molar-refractivity contribution is 5.90. The topological polar surface area (TPSA) is 270 Å². The number of ether oxygens (including phenoxy) is 4. The Morgan fingerprint density at radius 2 is 0.634 bits per heavy atom. The van der Waals surface area contributed by atoms with Gasteiger partial charge < -0.3 is 61.5 Å². The maximum absolute atomic E-state index is 11.8. The largest absolute Gasteiger partial charge is 0.412 e. The molecule has 4 aromatic rings. The second kappa shape index (κ2) is 36.2. The van der Waals surface area contributed by atoms with Crippen molar-refractivity contribution in [3.05, 3.63) is 97.1 Å². The predicted octanol–water partition coefficient (Wildman–Crippen LogP) is 12.8. The van der Waals surface area contributed by atoms with Crippen LogP contribution in [0, 0.1) is 11.8 Å². The van der Waals surface area contributed by atoms with Gasteiger partial charge in [0.05, 0.1) is 0 Å². The summed E-state index contributed by atoms with van der Waals surface area (Å²) in [6.07, 6.45) is 21.8. The average molecular weight is 1130 g/mol. The molecule has 0 bridgehead atoms. The molecule has 4 saturated carbocycles. The quantitative estimate of drug-likeness (QED) is 0.0586. The second-order valence-corrected chi connectivity index (χ2v) is 21.1. The Hall–Kier alpha value is -8.16. The fourth-order valence-electron chi connectivity index (χ4n) is 9.92. The first-order chi connectivity index (χ1) is 39.5. The Bertz CT molecular complexity index is 2650. The normalized spacial score (nSPS) is 15.4. The third-order valence-corrected chi connectivity index (χ3v) is 13.9.